The van der Waals surface area contributed by atoms with E-state index >= 15 is 0 Å². The number of halogens is 3. The van der Waals surface area contributed by atoms with Crippen molar-refractivity contribution in [3.8, 4) is 11.3 Å². The molecule has 0 aliphatic carbocycles. The van der Waals surface area contributed by atoms with E-state index in [0.29, 0.717) is 49.5 Å². The minimum Gasteiger partial charge on any atom is -0.336 e. The Morgan fingerprint density at radius 1 is 1.00 bits per heavy atom. The summed E-state index contributed by atoms with van der Waals surface area (Å²) in [5, 5.41) is 5.22. The monoisotopic (exact) mass is 507 g/mol. The lowest BCUT2D eigenvalue weighted by Crippen LogP contribution is -2.48. The number of fused-ring (bicyclic) bond motifs is 1. The molecule has 9 heteroatoms. The quantitative estimate of drug-likeness (QED) is 0.363. The summed E-state index contributed by atoms with van der Waals surface area (Å²) in [7, 11) is 0. The number of para-hydroxylation sites is 1. The number of hydrogen-bond donors (Lipinski definition) is 0. The molecule has 2 aromatic heterocycles. The Bertz CT molecular complexity index is 1440. The average Bonchev–Trinajstić information content (AvgIpc) is 3.28. The number of carbonyl (C=O) groups excluding carboxylic acids is 1. The molecule has 1 aliphatic heterocycles. The number of carbonyl (C=O) groups is 1. The molecule has 192 valence electrons. The molecule has 1 aliphatic rings. The molecule has 0 atom stereocenters. The minimum absolute atomic E-state index is 0.0703. The van der Waals surface area contributed by atoms with E-state index in [1.165, 1.54) is 12.1 Å². The van der Waals surface area contributed by atoms with E-state index in [2.05, 4.69) is 10.00 Å². The van der Waals surface area contributed by atoms with Crippen molar-refractivity contribution >= 4 is 16.8 Å². The molecule has 5 rings (SSSR count). The second kappa shape index (κ2) is 9.97. The maximum atomic E-state index is 13.7. The molecule has 0 saturated carbocycles. The lowest BCUT2D eigenvalue weighted by molar-refractivity contribution is -0.137. The van der Waals surface area contributed by atoms with Crippen LogP contribution >= 0.6 is 0 Å². The van der Waals surface area contributed by atoms with Gasteiger partial charge in [0.25, 0.3) is 5.91 Å². The summed E-state index contributed by atoms with van der Waals surface area (Å²) in [5.41, 5.74) is 3.91. The standard InChI is InChI=1S/C28H28F3N5O/c1-3-36-19(2)24(17-32-36)26-16-23(22-9-4-5-10-25(22)33-26)27(37)35-13-11-34(12-14-35)18-20-7-6-8-21(15-20)28(29,30)31/h4-10,15-17H,3,11-14,18H2,1-2H3. The lowest BCUT2D eigenvalue weighted by atomic mass is 10.0. The van der Waals surface area contributed by atoms with Gasteiger partial charge in [0.15, 0.2) is 0 Å². The first-order chi connectivity index (χ1) is 17.7. The number of piperazine rings is 1. The molecule has 3 heterocycles. The smallest absolute Gasteiger partial charge is 0.336 e. The van der Waals surface area contributed by atoms with E-state index < -0.39 is 11.7 Å². The summed E-state index contributed by atoms with van der Waals surface area (Å²) >= 11 is 0. The topological polar surface area (TPSA) is 54.3 Å². The largest absolute Gasteiger partial charge is 0.416 e. The predicted octanol–water partition coefficient (Wildman–Crippen LogP) is 5.40. The van der Waals surface area contributed by atoms with Crippen molar-refractivity contribution < 1.29 is 18.0 Å². The van der Waals surface area contributed by atoms with E-state index in [4.69, 9.17) is 4.98 Å². The molecule has 1 fully saturated rings. The molecule has 1 amide bonds. The Morgan fingerprint density at radius 3 is 2.46 bits per heavy atom. The highest BCUT2D eigenvalue weighted by Crippen LogP contribution is 2.30. The zero-order chi connectivity index (χ0) is 26.2. The third-order valence-electron chi connectivity index (χ3n) is 6.95. The van der Waals surface area contributed by atoms with E-state index in [1.54, 1.807) is 12.3 Å². The van der Waals surface area contributed by atoms with Crippen LogP contribution in [0.4, 0.5) is 13.2 Å². The van der Waals surface area contributed by atoms with Crippen LogP contribution in [0.3, 0.4) is 0 Å². The minimum atomic E-state index is -4.36. The predicted molar refractivity (Wildman–Crippen MR) is 136 cm³/mol. The summed E-state index contributed by atoms with van der Waals surface area (Å²) in [4.78, 5) is 22.4. The Kier molecular flexibility index (Phi) is 6.72. The number of amides is 1. The first-order valence-electron chi connectivity index (χ1n) is 12.3. The summed E-state index contributed by atoms with van der Waals surface area (Å²) < 4.78 is 41.1. The molecule has 0 spiro atoms. The first kappa shape index (κ1) is 25.0. The van der Waals surface area contributed by atoms with Gasteiger partial charge in [0.1, 0.15) is 0 Å². The molecule has 6 nitrogen and oxygen atoms in total. The maximum absolute atomic E-state index is 13.7. The fourth-order valence-electron chi connectivity index (χ4n) is 4.89. The second-order valence-electron chi connectivity index (χ2n) is 9.30. The van der Waals surface area contributed by atoms with Gasteiger partial charge in [-0.2, -0.15) is 18.3 Å². The summed E-state index contributed by atoms with van der Waals surface area (Å²) in [6.07, 6.45) is -2.57. The molecule has 2 aromatic carbocycles. The number of pyridine rings is 1. The van der Waals surface area contributed by atoms with Gasteiger partial charge >= 0.3 is 6.18 Å². The number of benzene rings is 2. The molecular formula is C28H28F3N5O. The van der Waals surface area contributed by atoms with Crippen molar-refractivity contribution in [3.05, 3.63) is 83.2 Å². The van der Waals surface area contributed by atoms with Crippen LogP contribution in [0.15, 0.2) is 60.8 Å². The molecule has 0 unspecified atom stereocenters. The van der Waals surface area contributed by atoms with Crippen LogP contribution in [0.5, 0.6) is 0 Å². The van der Waals surface area contributed by atoms with Crippen molar-refractivity contribution in [2.24, 2.45) is 0 Å². The lowest BCUT2D eigenvalue weighted by Gasteiger charge is -2.35. The van der Waals surface area contributed by atoms with Gasteiger partial charge in [-0.25, -0.2) is 4.98 Å². The third-order valence-corrected chi connectivity index (χ3v) is 6.95. The van der Waals surface area contributed by atoms with Crippen LogP contribution in [0.1, 0.15) is 34.1 Å². The molecule has 0 N–H and O–H groups in total. The normalized spacial score (nSPS) is 14.9. The summed E-state index contributed by atoms with van der Waals surface area (Å²) in [6.45, 7) is 7.34. The fourth-order valence-corrected chi connectivity index (χ4v) is 4.89. The van der Waals surface area contributed by atoms with Crippen LogP contribution in [-0.4, -0.2) is 56.7 Å². The zero-order valence-corrected chi connectivity index (χ0v) is 20.8. The van der Waals surface area contributed by atoms with Crippen molar-refractivity contribution in [1.82, 2.24) is 24.6 Å². The zero-order valence-electron chi connectivity index (χ0n) is 20.8. The van der Waals surface area contributed by atoms with Gasteiger partial charge in [0.05, 0.1) is 28.5 Å². The number of rotatable bonds is 5. The molecule has 4 aromatic rings. The van der Waals surface area contributed by atoms with Crippen LogP contribution in [0.2, 0.25) is 0 Å². The van der Waals surface area contributed by atoms with Gasteiger partial charge < -0.3 is 4.90 Å². The van der Waals surface area contributed by atoms with Gasteiger partial charge in [-0.3, -0.25) is 14.4 Å². The number of nitrogens with zero attached hydrogens (tertiary/aromatic N) is 5. The Balaban J connectivity index is 1.35. The summed E-state index contributed by atoms with van der Waals surface area (Å²) in [6, 6.07) is 14.9. The number of hydrogen-bond acceptors (Lipinski definition) is 4. The number of aryl methyl sites for hydroxylation is 1. The van der Waals surface area contributed by atoms with Crippen LogP contribution < -0.4 is 0 Å². The van der Waals surface area contributed by atoms with Crippen LogP contribution in [0.25, 0.3) is 22.2 Å². The number of alkyl halides is 3. The van der Waals surface area contributed by atoms with Crippen LogP contribution in [-0.2, 0) is 19.3 Å². The highest BCUT2D eigenvalue weighted by molar-refractivity contribution is 6.07. The highest BCUT2D eigenvalue weighted by Gasteiger charge is 2.31. The first-order valence-corrected chi connectivity index (χ1v) is 12.3. The third kappa shape index (κ3) is 5.09. The Morgan fingerprint density at radius 2 is 1.76 bits per heavy atom. The SMILES string of the molecule is CCn1ncc(-c2cc(C(=O)N3CCN(Cc4cccc(C(F)(F)F)c4)CC3)c3ccccc3n2)c1C. The van der Waals surface area contributed by atoms with E-state index in [-0.39, 0.29) is 5.91 Å². The van der Waals surface area contributed by atoms with Gasteiger partial charge in [0.2, 0.25) is 0 Å². The molecule has 0 bridgehead atoms. The Hall–Kier alpha value is -3.72. The van der Waals surface area contributed by atoms with Crippen molar-refractivity contribution in [2.45, 2.75) is 33.1 Å². The van der Waals surface area contributed by atoms with Gasteiger partial charge in [-0.15, -0.1) is 0 Å². The molecular weight excluding hydrogens is 479 g/mol. The van der Waals surface area contributed by atoms with Crippen molar-refractivity contribution in [1.29, 1.82) is 0 Å². The molecule has 0 radical (unpaired) electrons. The fraction of sp³-hybridized carbons (Fsp3) is 0.321. The van der Waals surface area contributed by atoms with E-state index in [0.717, 1.165) is 34.8 Å². The van der Waals surface area contributed by atoms with E-state index in [9.17, 15) is 18.0 Å². The molecule has 37 heavy (non-hydrogen) atoms. The van der Waals surface area contributed by atoms with Crippen LogP contribution in [0, 0.1) is 6.92 Å². The average molecular weight is 508 g/mol. The molecule has 1 saturated heterocycles. The highest BCUT2D eigenvalue weighted by atomic mass is 19.4. The second-order valence-corrected chi connectivity index (χ2v) is 9.30. The van der Waals surface area contributed by atoms with Crippen molar-refractivity contribution in [2.75, 3.05) is 26.2 Å². The van der Waals surface area contributed by atoms with Gasteiger partial charge in [-0.05, 0) is 37.6 Å². The maximum Gasteiger partial charge on any atom is 0.416 e. The van der Waals surface area contributed by atoms with Gasteiger partial charge in [-0.1, -0.05) is 36.4 Å². The van der Waals surface area contributed by atoms with Crippen molar-refractivity contribution in [3.63, 3.8) is 0 Å². The van der Waals surface area contributed by atoms with E-state index in [1.807, 2.05) is 53.8 Å². The Labute approximate surface area is 213 Å². The van der Waals surface area contributed by atoms with Gasteiger partial charge in [0, 0.05) is 55.9 Å². The number of aromatic nitrogens is 3. The summed E-state index contributed by atoms with van der Waals surface area (Å²) in [5.74, 6) is -0.0703.